The summed E-state index contributed by atoms with van der Waals surface area (Å²) in [6, 6.07) is 4.12. The minimum absolute atomic E-state index is 0.403. The molecule has 0 spiro atoms. The van der Waals surface area contributed by atoms with E-state index in [9.17, 15) is 0 Å². The molecular weight excluding hydrogens is 282 g/mol. The van der Waals surface area contributed by atoms with Crippen molar-refractivity contribution >= 4 is 23.0 Å². The second-order valence-corrected chi connectivity index (χ2v) is 5.77. The van der Waals surface area contributed by atoms with Crippen molar-refractivity contribution in [1.29, 1.82) is 0 Å². The van der Waals surface area contributed by atoms with Gasteiger partial charge in [0.25, 0.3) is 0 Å². The normalized spacial score (nSPS) is 13.2. The lowest BCUT2D eigenvalue weighted by molar-refractivity contribution is 0.711. The predicted molar refractivity (Wildman–Crippen MR) is 87.6 cm³/mol. The van der Waals surface area contributed by atoms with Crippen LogP contribution in [0.1, 0.15) is 28.9 Å². The van der Waals surface area contributed by atoms with Gasteiger partial charge in [-0.3, -0.25) is 4.68 Å². The molecule has 0 saturated heterocycles. The van der Waals surface area contributed by atoms with Crippen molar-refractivity contribution in [2.24, 2.45) is 12.8 Å². The SMILES string of the molecule is Cn1nccc1CCNc1nc2c(cc1C(N)=S)CCC2. The summed E-state index contributed by atoms with van der Waals surface area (Å²) < 4.78 is 1.88. The van der Waals surface area contributed by atoms with Gasteiger partial charge in [0.1, 0.15) is 10.8 Å². The van der Waals surface area contributed by atoms with E-state index >= 15 is 0 Å². The Labute approximate surface area is 129 Å². The van der Waals surface area contributed by atoms with E-state index < -0.39 is 0 Å². The maximum atomic E-state index is 5.84. The van der Waals surface area contributed by atoms with Crippen molar-refractivity contribution in [2.75, 3.05) is 11.9 Å². The van der Waals surface area contributed by atoms with Crippen LogP contribution < -0.4 is 11.1 Å². The van der Waals surface area contributed by atoms with Gasteiger partial charge in [0.15, 0.2) is 0 Å². The second kappa shape index (κ2) is 5.81. The standard InChI is InChI=1S/C15H19N5S/c1-20-11(6-8-18-20)5-7-17-15-12(14(16)21)9-10-3-2-4-13(10)19-15/h6,8-9H,2-5,7H2,1H3,(H2,16,21)(H,17,19). The van der Waals surface area contributed by atoms with Gasteiger partial charge < -0.3 is 11.1 Å². The molecule has 0 amide bonds. The van der Waals surface area contributed by atoms with E-state index in [1.807, 2.05) is 24.0 Å². The van der Waals surface area contributed by atoms with Crippen LogP contribution in [0.25, 0.3) is 0 Å². The van der Waals surface area contributed by atoms with Crippen LogP contribution in [-0.4, -0.2) is 26.3 Å². The van der Waals surface area contributed by atoms with Crippen LogP contribution in [0.5, 0.6) is 0 Å². The highest BCUT2D eigenvalue weighted by atomic mass is 32.1. The Bertz CT molecular complexity index is 677. The fourth-order valence-corrected chi connectivity index (χ4v) is 2.91. The molecule has 0 fully saturated rings. The van der Waals surface area contributed by atoms with Gasteiger partial charge in [0, 0.05) is 37.6 Å². The highest BCUT2D eigenvalue weighted by molar-refractivity contribution is 7.80. The van der Waals surface area contributed by atoms with Gasteiger partial charge in [0.2, 0.25) is 0 Å². The molecule has 0 atom stereocenters. The van der Waals surface area contributed by atoms with Crippen LogP contribution in [0.15, 0.2) is 18.3 Å². The molecule has 2 heterocycles. The van der Waals surface area contributed by atoms with Gasteiger partial charge in [0.05, 0.1) is 5.56 Å². The monoisotopic (exact) mass is 301 g/mol. The summed E-state index contributed by atoms with van der Waals surface area (Å²) in [5.41, 5.74) is 10.3. The van der Waals surface area contributed by atoms with Gasteiger partial charge in [-0.1, -0.05) is 12.2 Å². The summed E-state index contributed by atoms with van der Waals surface area (Å²) >= 11 is 5.16. The first-order chi connectivity index (χ1) is 10.1. The fraction of sp³-hybridized carbons (Fsp3) is 0.400. The van der Waals surface area contributed by atoms with Crippen LogP contribution in [-0.2, 0) is 26.3 Å². The number of hydrogen-bond acceptors (Lipinski definition) is 4. The zero-order chi connectivity index (χ0) is 14.8. The summed E-state index contributed by atoms with van der Waals surface area (Å²) in [6.07, 6.45) is 5.98. The Hall–Kier alpha value is -1.95. The van der Waals surface area contributed by atoms with E-state index in [-0.39, 0.29) is 0 Å². The van der Waals surface area contributed by atoms with E-state index in [0.717, 1.165) is 43.6 Å². The molecule has 5 nitrogen and oxygen atoms in total. The summed E-state index contributed by atoms with van der Waals surface area (Å²) in [5, 5.41) is 7.54. The van der Waals surface area contributed by atoms with E-state index in [0.29, 0.717) is 4.99 Å². The van der Waals surface area contributed by atoms with Gasteiger partial charge in [-0.25, -0.2) is 4.98 Å². The van der Waals surface area contributed by atoms with Crippen molar-refractivity contribution in [3.8, 4) is 0 Å². The molecule has 2 aromatic rings. The molecule has 0 saturated carbocycles. The summed E-state index contributed by atoms with van der Waals surface area (Å²) in [6.45, 7) is 0.779. The molecule has 3 rings (SSSR count). The zero-order valence-electron chi connectivity index (χ0n) is 12.1. The first kappa shape index (κ1) is 14.0. The number of hydrogen-bond donors (Lipinski definition) is 2. The predicted octanol–water partition coefficient (Wildman–Crippen LogP) is 1.59. The Kier molecular flexibility index (Phi) is 3.88. The molecule has 6 heteroatoms. The number of aryl methyl sites for hydroxylation is 3. The quantitative estimate of drug-likeness (QED) is 0.821. The van der Waals surface area contributed by atoms with Crippen molar-refractivity contribution in [3.05, 3.63) is 40.8 Å². The number of anilines is 1. The second-order valence-electron chi connectivity index (χ2n) is 5.33. The third-order valence-corrected chi connectivity index (χ3v) is 4.13. The van der Waals surface area contributed by atoms with Gasteiger partial charge in [-0.05, 0) is 37.0 Å². The minimum atomic E-state index is 0.403. The Morgan fingerprint density at radius 3 is 3.05 bits per heavy atom. The Morgan fingerprint density at radius 1 is 1.48 bits per heavy atom. The van der Waals surface area contributed by atoms with Crippen molar-refractivity contribution in [1.82, 2.24) is 14.8 Å². The van der Waals surface area contributed by atoms with Crippen molar-refractivity contribution < 1.29 is 0 Å². The van der Waals surface area contributed by atoms with E-state index in [1.54, 1.807) is 0 Å². The average Bonchev–Trinajstić information content (AvgIpc) is 3.06. The molecule has 0 aliphatic heterocycles. The summed E-state index contributed by atoms with van der Waals surface area (Å²) in [7, 11) is 1.95. The maximum Gasteiger partial charge on any atom is 0.136 e. The lowest BCUT2D eigenvalue weighted by Gasteiger charge is -2.12. The van der Waals surface area contributed by atoms with Crippen molar-refractivity contribution in [2.45, 2.75) is 25.7 Å². The number of rotatable bonds is 5. The van der Waals surface area contributed by atoms with Crippen LogP contribution in [0, 0.1) is 0 Å². The first-order valence-corrected chi connectivity index (χ1v) is 7.59. The number of thiocarbonyl (C=S) groups is 1. The average molecular weight is 301 g/mol. The highest BCUT2D eigenvalue weighted by Gasteiger charge is 2.17. The summed E-state index contributed by atoms with van der Waals surface area (Å²) in [5.74, 6) is 0.810. The van der Waals surface area contributed by atoms with E-state index in [2.05, 4.69) is 16.5 Å². The van der Waals surface area contributed by atoms with Gasteiger partial charge >= 0.3 is 0 Å². The molecule has 1 aliphatic rings. The third kappa shape index (κ3) is 2.90. The smallest absolute Gasteiger partial charge is 0.136 e. The zero-order valence-corrected chi connectivity index (χ0v) is 12.9. The molecule has 110 valence electrons. The van der Waals surface area contributed by atoms with Gasteiger partial charge in [-0.2, -0.15) is 5.10 Å². The van der Waals surface area contributed by atoms with Crippen molar-refractivity contribution in [3.63, 3.8) is 0 Å². The fourth-order valence-electron chi connectivity index (χ4n) is 2.75. The Balaban J connectivity index is 1.75. The number of pyridine rings is 1. The lowest BCUT2D eigenvalue weighted by atomic mass is 10.1. The molecule has 0 bridgehead atoms. The highest BCUT2D eigenvalue weighted by Crippen LogP contribution is 2.25. The van der Waals surface area contributed by atoms with Crippen LogP contribution in [0.3, 0.4) is 0 Å². The Morgan fingerprint density at radius 2 is 2.33 bits per heavy atom. The van der Waals surface area contributed by atoms with E-state index in [1.165, 1.54) is 17.0 Å². The van der Waals surface area contributed by atoms with Gasteiger partial charge in [-0.15, -0.1) is 0 Å². The lowest BCUT2D eigenvalue weighted by Crippen LogP contribution is -2.17. The van der Waals surface area contributed by atoms with E-state index in [4.69, 9.17) is 22.9 Å². The molecule has 0 unspecified atom stereocenters. The summed E-state index contributed by atoms with van der Waals surface area (Å²) in [4.78, 5) is 5.12. The largest absolute Gasteiger partial charge is 0.389 e. The van der Waals surface area contributed by atoms with Crippen LogP contribution >= 0.6 is 12.2 Å². The number of nitrogens with zero attached hydrogens (tertiary/aromatic N) is 3. The molecule has 1 aliphatic carbocycles. The van der Waals surface area contributed by atoms with Crippen LogP contribution in [0.4, 0.5) is 5.82 Å². The van der Waals surface area contributed by atoms with Crippen LogP contribution in [0.2, 0.25) is 0 Å². The molecular formula is C15H19N5S. The number of fused-ring (bicyclic) bond motifs is 1. The molecule has 0 aromatic carbocycles. The molecule has 3 N–H and O–H groups in total. The number of aromatic nitrogens is 3. The number of nitrogens with two attached hydrogens (primary N) is 1. The number of nitrogens with one attached hydrogen (secondary N) is 1. The third-order valence-electron chi connectivity index (χ3n) is 3.91. The minimum Gasteiger partial charge on any atom is -0.389 e. The molecule has 2 aromatic heterocycles. The molecule has 0 radical (unpaired) electrons. The maximum absolute atomic E-state index is 5.84. The topological polar surface area (TPSA) is 68.8 Å². The molecule has 21 heavy (non-hydrogen) atoms. The first-order valence-electron chi connectivity index (χ1n) is 7.18.